The number of amides is 3. The highest BCUT2D eigenvalue weighted by Crippen LogP contribution is 2.33. The van der Waals surface area contributed by atoms with E-state index in [2.05, 4.69) is 5.32 Å². The summed E-state index contributed by atoms with van der Waals surface area (Å²) in [6, 6.07) is 5.57. The predicted octanol–water partition coefficient (Wildman–Crippen LogP) is 2.01. The van der Waals surface area contributed by atoms with Gasteiger partial charge in [0.05, 0.1) is 5.92 Å². The van der Waals surface area contributed by atoms with E-state index in [9.17, 15) is 14.0 Å². The van der Waals surface area contributed by atoms with Crippen molar-refractivity contribution in [3.63, 3.8) is 0 Å². The Morgan fingerprint density at radius 2 is 1.89 bits per heavy atom. The van der Waals surface area contributed by atoms with Crippen molar-refractivity contribution in [2.24, 2.45) is 0 Å². The number of imide groups is 1. The first-order valence-electron chi connectivity index (χ1n) is 6.54. The maximum atomic E-state index is 13.0. The highest BCUT2D eigenvalue weighted by Gasteiger charge is 2.42. The molecule has 2 fully saturated rings. The van der Waals surface area contributed by atoms with Gasteiger partial charge in [-0.2, -0.15) is 0 Å². The van der Waals surface area contributed by atoms with Crippen molar-refractivity contribution in [3.8, 4) is 0 Å². The van der Waals surface area contributed by atoms with Crippen LogP contribution in [0.15, 0.2) is 24.3 Å². The number of carbonyl (C=O) groups excluding carboxylic acids is 2. The number of halogens is 1. The molecule has 0 bridgehead atoms. The quantitative estimate of drug-likeness (QED) is 0.841. The molecule has 0 spiro atoms. The summed E-state index contributed by atoms with van der Waals surface area (Å²) in [7, 11) is 0. The number of hydrogen-bond donors (Lipinski definition) is 1. The number of urea groups is 1. The van der Waals surface area contributed by atoms with Crippen molar-refractivity contribution < 1.29 is 14.0 Å². The molecule has 1 N–H and O–H groups in total. The fourth-order valence-corrected chi connectivity index (χ4v) is 3.03. The van der Waals surface area contributed by atoms with Gasteiger partial charge in [0.2, 0.25) is 5.91 Å². The first-order chi connectivity index (χ1) is 9.16. The Balaban J connectivity index is 1.95. The van der Waals surface area contributed by atoms with E-state index in [0.717, 1.165) is 24.8 Å². The number of piperidine rings is 1. The van der Waals surface area contributed by atoms with Crippen LogP contribution in [-0.2, 0) is 4.79 Å². The average molecular weight is 262 g/mol. The molecule has 0 saturated carbocycles. The molecule has 4 nitrogen and oxygen atoms in total. The van der Waals surface area contributed by atoms with Crippen LogP contribution in [0.4, 0.5) is 9.18 Å². The fourth-order valence-electron chi connectivity index (χ4n) is 3.03. The minimum absolute atomic E-state index is 0.0968. The Hall–Kier alpha value is -1.91. The van der Waals surface area contributed by atoms with Gasteiger partial charge < -0.3 is 4.90 Å². The highest BCUT2D eigenvalue weighted by molar-refractivity contribution is 6.01. The van der Waals surface area contributed by atoms with Gasteiger partial charge in [-0.15, -0.1) is 0 Å². The van der Waals surface area contributed by atoms with E-state index < -0.39 is 5.92 Å². The Morgan fingerprint density at radius 1 is 1.16 bits per heavy atom. The standard InChI is InChI=1S/C14H15FN2O2/c15-10-6-4-9(5-7-10)12-11-3-1-2-8-17(11)14(19)16-13(12)18/h4-7,11-12H,1-3,8H2,(H,16,18,19). The summed E-state index contributed by atoms with van der Waals surface area (Å²) in [6.07, 6.45) is 2.80. The van der Waals surface area contributed by atoms with Gasteiger partial charge in [-0.05, 0) is 37.0 Å². The van der Waals surface area contributed by atoms with Crippen molar-refractivity contribution in [2.45, 2.75) is 31.2 Å². The minimum Gasteiger partial charge on any atom is -0.320 e. The summed E-state index contributed by atoms with van der Waals surface area (Å²) < 4.78 is 13.0. The van der Waals surface area contributed by atoms with Crippen molar-refractivity contribution in [1.29, 1.82) is 0 Å². The van der Waals surface area contributed by atoms with Crippen LogP contribution in [0.25, 0.3) is 0 Å². The molecule has 1 aromatic rings. The molecule has 0 aliphatic carbocycles. The monoisotopic (exact) mass is 262 g/mol. The Kier molecular flexibility index (Phi) is 2.97. The van der Waals surface area contributed by atoms with Gasteiger partial charge in [-0.3, -0.25) is 10.1 Å². The summed E-state index contributed by atoms with van der Waals surface area (Å²) in [6.45, 7) is 0.682. The average Bonchev–Trinajstić information content (AvgIpc) is 2.41. The van der Waals surface area contributed by atoms with E-state index in [4.69, 9.17) is 0 Å². The normalized spacial score (nSPS) is 26.9. The van der Waals surface area contributed by atoms with Crippen LogP contribution in [0.3, 0.4) is 0 Å². The van der Waals surface area contributed by atoms with Crippen molar-refractivity contribution in [2.75, 3.05) is 6.54 Å². The first-order valence-corrected chi connectivity index (χ1v) is 6.54. The lowest BCUT2D eigenvalue weighted by atomic mass is 9.83. The van der Waals surface area contributed by atoms with E-state index in [1.54, 1.807) is 17.0 Å². The van der Waals surface area contributed by atoms with Gasteiger partial charge in [0.15, 0.2) is 0 Å². The van der Waals surface area contributed by atoms with E-state index in [1.165, 1.54) is 12.1 Å². The molecule has 1 aromatic carbocycles. The van der Waals surface area contributed by atoms with Crippen LogP contribution in [0.5, 0.6) is 0 Å². The smallest absolute Gasteiger partial charge is 0.320 e. The van der Waals surface area contributed by atoms with Gasteiger partial charge >= 0.3 is 6.03 Å². The maximum Gasteiger partial charge on any atom is 0.324 e. The zero-order chi connectivity index (χ0) is 13.4. The first kappa shape index (κ1) is 12.1. The van der Waals surface area contributed by atoms with Crippen LogP contribution in [-0.4, -0.2) is 29.4 Å². The van der Waals surface area contributed by atoms with Gasteiger partial charge in [0.25, 0.3) is 0 Å². The summed E-state index contributed by atoms with van der Waals surface area (Å²) in [5, 5.41) is 2.40. The Bertz CT molecular complexity index is 515. The topological polar surface area (TPSA) is 49.4 Å². The summed E-state index contributed by atoms with van der Waals surface area (Å²) in [5.41, 5.74) is 0.767. The predicted molar refractivity (Wildman–Crippen MR) is 67.0 cm³/mol. The third-order valence-corrected chi connectivity index (χ3v) is 3.94. The fraction of sp³-hybridized carbons (Fsp3) is 0.429. The molecule has 2 unspecified atom stereocenters. The number of nitrogens with one attached hydrogen (secondary N) is 1. The molecule has 2 heterocycles. The molecule has 5 heteroatoms. The minimum atomic E-state index is -0.390. The number of benzene rings is 1. The summed E-state index contributed by atoms with van der Waals surface area (Å²) in [4.78, 5) is 25.6. The van der Waals surface area contributed by atoms with Crippen molar-refractivity contribution in [3.05, 3.63) is 35.6 Å². The summed E-state index contributed by atoms with van der Waals surface area (Å²) in [5.74, 6) is -0.991. The van der Waals surface area contributed by atoms with Gasteiger partial charge in [0, 0.05) is 12.6 Å². The number of carbonyl (C=O) groups is 2. The largest absolute Gasteiger partial charge is 0.324 e. The van der Waals surface area contributed by atoms with Crippen LogP contribution in [0, 0.1) is 5.82 Å². The third kappa shape index (κ3) is 2.09. The maximum absolute atomic E-state index is 13.0. The Morgan fingerprint density at radius 3 is 2.63 bits per heavy atom. The van der Waals surface area contributed by atoms with Crippen molar-refractivity contribution >= 4 is 11.9 Å². The number of hydrogen-bond acceptors (Lipinski definition) is 2. The van der Waals surface area contributed by atoms with Crippen LogP contribution in [0.1, 0.15) is 30.7 Å². The molecule has 3 rings (SSSR count). The molecule has 2 aliphatic rings. The summed E-state index contributed by atoms with van der Waals surface area (Å²) >= 11 is 0. The molecule has 0 radical (unpaired) electrons. The van der Waals surface area contributed by atoms with Crippen LogP contribution >= 0.6 is 0 Å². The lowest BCUT2D eigenvalue weighted by Crippen LogP contribution is -2.60. The molecule has 3 amide bonds. The lowest BCUT2D eigenvalue weighted by Gasteiger charge is -2.43. The lowest BCUT2D eigenvalue weighted by molar-refractivity contribution is -0.125. The van der Waals surface area contributed by atoms with E-state index in [-0.39, 0.29) is 23.8 Å². The SMILES string of the molecule is O=C1NC(=O)N2CCCCC2C1c1ccc(F)cc1. The number of nitrogens with zero attached hydrogens (tertiary/aromatic N) is 1. The van der Waals surface area contributed by atoms with E-state index in [0.29, 0.717) is 6.54 Å². The zero-order valence-corrected chi connectivity index (χ0v) is 10.4. The van der Waals surface area contributed by atoms with Crippen molar-refractivity contribution in [1.82, 2.24) is 10.2 Å². The number of rotatable bonds is 1. The molecule has 2 atom stereocenters. The van der Waals surface area contributed by atoms with E-state index >= 15 is 0 Å². The third-order valence-electron chi connectivity index (χ3n) is 3.94. The molecule has 19 heavy (non-hydrogen) atoms. The van der Waals surface area contributed by atoms with Gasteiger partial charge in [-0.25, -0.2) is 9.18 Å². The zero-order valence-electron chi connectivity index (χ0n) is 10.4. The molecule has 0 aromatic heterocycles. The van der Waals surface area contributed by atoms with Gasteiger partial charge in [-0.1, -0.05) is 12.1 Å². The van der Waals surface area contributed by atoms with Crippen LogP contribution < -0.4 is 5.32 Å². The van der Waals surface area contributed by atoms with Crippen LogP contribution in [0.2, 0.25) is 0 Å². The second kappa shape index (κ2) is 4.64. The molecule has 2 saturated heterocycles. The molecular weight excluding hydrogens is 247 g/mol. The molecule has 100 valence electrons. The van der Waals surface area contributed by atoms with Gasteiger partial charge in [0.1, 0.15) is 5.82 Å². The second-order valence-electron chi connectivity index (χ2n) is 5.08. The second-order valence-corrected chi connectivity index (χ2v) is 5.08. The highest BCUT2D eigenvalue weighted by atomic mass is 19.1. The Labute approximate surface area is 110 Å². The number of fused-ring (bicyclic) bond motifs is 1. The van der Waals surface area contributed by atoms with E-state index in [1.807, 2.05) is 0 Å². The molecular formula is C14H15FN2O2. The molecule has 2 aliphatic heterocycles.